The van der Waals surface area contributed by atoms with Gasteiger partial charge in [-0.1, -0.05) is 43.3 Å². The average molecular weight is 360 g/mol. The van der Waals surface area contributed by atoms with Crippen LogP contribution in [0.5, 0.6) is 5.75 Å². The van der Waals surface area contributed by atoms with E-state index in [1.54, 1.807) is 12.1 Å². The van der Waals surface area contributed by atoms with Gasteiger partial charge in [0.25, 0.3) is 0 Å². The predicted molar refractivity (Wildman–Crippen MR) is 105 cm³/mol. The van der Waals surface area contributed by atoms with Gasteiger partial charge in [0.15, 0.2) is 0 Å². The van der Waals surface area contributed by atoms with Crippen LogP contribution in [-0.4, -0.2) is 9.55 Å². The van der Waals surface area contributed by atoms with E-state index >= 15 is 0 Å². The highest BCUT2D eigenvalue weighted by Crippen LogP contribution is 2.20. The number of aryl methyl sites for hydroxylation is 1. The maximum absolute atomic E-state index is 13.0. The molecule has 1 aromatic heterocycles. The molecule has 0 radical (unpaired) electrons. The number of halogens is 1. The number of ether oxygens (including phenoxy) is 1. The lowest BCUT2D eigenvalue weighted by molar-refractivity contribution is 0.306. The van der Waals surface area contributed by atoms with Crippen LogP contribution in [0.3, 0.4) is 0 Å². The lowest BCUT2D eigenvalue weighted by Gasteiger charge is -2.10. The Morgan fingerprint density at radius 2 is 1.59 bits per heavy atom. The smallest absolute Gasteiger partial charge is 0.123 e. The molecule has 136 valence electrons. The van der Waals surface area contributed by atoms with Crippen molar-refractivity contribution in [3.63, 3.8) is 0 Å². The Morgan fingerprint density at radius 1 is 0.889 bits per heavy atom. The van der Waals surface area contributed by atoms with Crippen molar-refractivity contribution < 1.29 is 9.13 Å². The summed E-state index contributed by atoms with van der Waals surface area (Å²) in [4.78, 5) is 4.73. The molecule has 0 fully saturated rings. The standard InChI is InChI=1S/C23H21FN2O/c1-2-23-25-21-5-3-4-6-22(21)26(23)15-17-9-13-20(14-10-17)27-16-18-7-11-19(24)12-8-18/h3-14H,2,15-16H2,1H3. The molecule has 1 heterocycles. The fraction of sp³-hybridized carbons (Fsp3) is 0.174. The molecule has 27 heavy (non-hydrogen) atoms. The lowest BCUT2D eigenvalue weighted by atomic mass is 10.2. The summed E-state index contributed by atoms with van der Waals surface area (Å²) in [5, 5.41) is 0. The minimum Gasteiger partial charge on any atom is -0.489 e. The van der Waals surface area contributed by atoms with Crippen LogP contribution in [0.25, 0.3) is 11.0 Å². The van der Waals surface area contributed by atoms with Gasteiger partial charge in [0, 0.05) is 13.0 Å². The average Bonchev–Trinajstić information content (AvgIpc) is 3.06. The predicted octanol–water partition coefficient (Wildman–Crippen LogP) is 5.37. The van der Waals surface area contributed by atoms with E-state index in [0.717, 1.165) is 41.1 Å². The molecule has 0 N–H and O–H groups in total. The van der Waals surface area contributed by atoms with Gasteiger partial charge in [0.05, 0.1) is 11.0 Å². The van der Waals surface area contributed by atoms with Crippen molar-refractivity contribution in [2.45, 2.75) is 26.5 Å². The second-order valence-electron chi connectivity index (χ2n) is 6.52. The molecular formula is C23H21FN2O. The Bertz CT molecular complexity index is 1040. The van der Waals surface area contributed by atoms with Gasteiger partial charge >= 0.3 is 0 Å². The number of hydrogen-bond donors (Lipinski definition) is 0. The molecule has 4 aromatic rings. The Hall–Kier alpha value is -3.14. The van der Waals surface area contributed by atoms with Crippen molar-refractivity contribution in [2.75, 3.05) is 0 Å². The quantitative estimate of drug-likeness (QED) is 0.462. The molecule has 0 unspecified atom stereocenters. The maximum atomic E-state index is 13.0. The van der Waals surface area contributed by atoms with Gasteiger partial charge in [-0.3, -0.25) is 0 Å². The molecule has 0 spiro atoms. The SMILES string of the molecule is CCc1nc2ccccc2n1Cc1ccc(OCc2ccc(F)cc2)cc1. The van der Waals surface area contributed by atoms with Crippen LogP contribution in [0.4, 0.5) is 4.39 Å². The summed E-state index contributed by atoms with van der Waals surface area (Å²) < 4.78 is 21.0. The van der Waals surface area contributed by atoms with Gasteiger partial charge in [-0.25, -0.2) is 9.37 Å². The van der Waals surface area contributed by atoms with Crippen LogP contribution < -0.4 is 4.74 Å². The number of benzene rings is 3. The normalized spacial score (nSPS) is 11.0. The maximum Gasteiger partial charge on any atom is 0.123 e. The van der Waals surface area contributed by atoms with E-state index in [4.69, 9.17) is 9.72 Å². The summed E-state index contributed by atoms with van der Waals surface area (Å²) in [7, 11) is 0. The first kappa shape index (κ1) is 17.3. The van der Waals surface area contributed by atoms with Gasteiger partial charge in [-0.2, -0.15) is 0 Å². The largest absolute Gasteiger partial charge is 0.489 e. The van der Waals surface area contributed by atoms with Crippen molar-refractivity contribution in [2.24, 2.45) is 0 Å². The van der Waals surface area contributed by atoms with E-state index in [1.165, 1.54) is 17.7 Å². The lowest BCUT2D eigenvalue weighted by Crippen LogP contribution is -2.04. The van der Waals surface area contributed by atoms with Gasteiger partial charge < -0.3 is 9.30 Å². The third-order valence-corrected chi connectivity index (χ3v) is 4.63. The second-order valence-corrected chi connectivity index (χ2v) is 6.52. The molecule has 0 saturated heterocycles. The van der Waals surface area contributed by atoms with Gasteiger partial charge in [0.1, 0.15) is 24.0 Å². The summed E-state index contributed by atoms with van der Waals surface area (Å²) in [5.41, 5.74) is 4.33. The molecule has 0 aliphatic heterocycles. The zero-order valence-corrected chi connectivity index (χ0v) is 15.2. The molecule has 3 nitrogen and oxygen atoms in total. The summed E-state index contributed by atoms with van der Waals surface area (Å²) in [6, 6.07) is 22.7. The number of imidazole rings is 1. The molecule has 0 atom stereocenters. The number of para-hydroxylation sites is 2. The van der Waals surface area contributed by atoms with E-state index in [-0.39, 0.29) is 5.82 Å². The first-order valence-corrected chi connectivity index (χ1v) is 9.13. The highest BCUT2D eigenvalue weighted by atomic mass is 19.1. The number of aromatic nitrogens is 2. The van der Waals surface area contributed by atoms with Crippen LogP contribution in [0.1, 0.15) is 23.9 Å². The first-order chi connectivity index (χ1) is 13.2. The third-order valence-electron chi connectivity index (χ3n) is 4.63. The third kappa shape index (κ3) is 3.85. The topological polar surface area (TPSA) is 27.1 Å². The molecule has 0 aliphatic rings. The Balaban J connectivity index is 1.47. The minimum atomic E-state index is -0.235. The van der Waals surface area contributed by atoms with Crippen molar-refractivity contribution in [3.8, 4) is 5.75 Å². The number of nitrogens with zero attached hydrogens (tertiary/aromatic N) is 2. The van der Waals surface area contributed by atoms with Crippen LogP contribution >= 0.6 is 0 Å². The second kappa shape index (κ2) is 7.62. The van der Waals surface area contributed by atoms with E-state index in [2.05, 4.69) is 35.8 Å². The minimum absolute atomic E-state index is 0.235. The molecular weight excluding hydrogens is 339 g/mol. The molecule has 3 aromatic carbocycles. The number of hydrogen-bond acceptors (Lipinski definition) is 2. The van der Waals surface area contributed by atoms with E-state index in [9.17, 15) is 4.39 Å². The number of rotatable bonds is 6. The zero-order chi connectivity index (χ0) is 18.6. The highest BCUT2D eigenvalue weighted by molar-refractivity contribution is 5.76. The number of fused-ring (bicyclic) bond motifs is 1. The Morgan fingerprint density at radius 3 is 2.33 bits per heavy atom. The first-order valence-electron chi connectivity index (χ1n) is 9.13. The van der Waals surface area contributed by atoms with Gasteiger partial charge in [0.2, 0.25) is 0 Å². The van der Waals surface area contributed by atoms with E-state index in [1.807, 2.05) is 24.3 Å². The monoisotopic (exact) mass is 360 g/mol. The van der Waals surface area contributed by atoms with Crippen molar-refractivity contribution in [1.29, 1.82) is 0 Å². The summed E-state index contributed by atoms with van der Waals surface area (Å²) in [6.45, 7) is 3.33. The van der Waals surface area contributed by atoms with E-state index in [0.29, 0.717) is 6.61 Å². The van der Waals surface area contributed by atoms with Crippen LogP contribution in [-0.2, 0) is 19.6 Å². The molecule has 4 heteroatoms. The van der Waals surface area contributed by atoms with Crippen LogP contribution in [0.2, 0.25) is 0 Å². The van der Waals surface area contributed by atoms with Crippen molar-refractivity contribution in [3.05, 3.63) is 95.6 Å². The van der Waals surface area contributed by atoms with Crippen molar-refractivity contribution >= 4 is 11.0 Å². The summed E-state index contributed by atoms with van der Waals surface area (Å²) in [6.07, 6.45) is 0.896. The van der Waals surface area contributed by atoms with Gasteiger partial charge in [-0.05, 0) is 47.5 Å². The van der Waals surface area contributed by atoms with Crippen LogP contribution in [0, 0.1) is 5.82 Å². The highest BCUT2D eigenvalue weighted by Gasteiger charge is 2.09. The molecule has 0 bridgehead atoms. The summed E-state index contributed by atoms with van der Waals surface area (Å²) >= 11 is 0. The Labute approximate surface area is 158 Å². The molecule has 0 aliphatic carbocycles. The van der Waals surface area contributed by atoms with Gasteiger partial charge in [-0.15, -0.1) is 0 Å². The van der Waals surface area contributed by atoms with E-state index < -0.39 is 0 Å². The molecule has 0 amide bonds. The Kier molecular flexibility index (Phi) is 4.88. The summed E-state index contributed by atoms with van der Waals surface area (Å²) in [5.74, 6) is 1.66. The zero-order valence-electron chi connectivity index (χ0n) is 15.2. The van der Waals surface area contributed by atoms with Crippen molar-refractivity contribution in [1.82, 2.24) is 9.55 Å². The fourth-order valence-electron chi connectivity index (χ4n) is 3.19. The van der Waals surface area contributed by atoms with Crippen LogP contribution in [0.15, 0.2) is 72.8 Å². The molecule has 4 rings (SSSR count). The fourth-order valence-corrected chi connectivity index (χ4v) is 3.19. The molecule has 0 saturated carbocycles.